The fraction of sp³-hybridized carbons (Fsp3) is 0.214. The second-order valence-electron chi connectivity index (χ2n) is 4.63. The molecule has 4 N–H and O–H groups in total. The van der Waals surface area contributed by atoms with E-state index in [0.29, 0.717) is 17.7 Å². The van der Waals surface area contributed by atoms with Crippen molar-refractivity contribution in [2.45, 2.75) is 12.5 Å². The van der Waals surface area contributed by atoms with E-state index in [2.05, 4.69) is 34.1 Å². The summed E-state index contributed by atoms with van der Waals surface area (Å²) in [6.07, 6.45) is 0.925. The Bertz CT molecular complexity index is 553. The summed E-state index contributed by atoms with van der Waals surface area (Å²) >= 11 is 0. The number of hydrogen-bond acceptors (Lipinski definition) is 4. The number of nitrogen functional groups attached to an aromatic ring is 2. The van der Waals surface area contributed by atoms with Gasteiger partial charge in [-0.3, -0.25) is 0 Å². The minimum atomic E-state index is 0.479. The molecule has 1 fully saturated rings. The molecule has 0 amide bonds. The van der Waals surface area contributed by atoms with E-state index >= 15 is 0 Å². The van der Waals surface area contributed by atoms with E-state index in [1.807, 2.05) is 12.1 Å². The summed E-state index contributed by atoms with van der Waals surface area (Å²) in [4.78, 5) is 6.45. The van der Waals surface area contributed by atoms with Crippen molar-refractivity contribution in [1.29, 1.82) is 0 Å². The minimum Gasteiger partial charge on any atom is -0.384 e. The summed E-state index contributed by atoms with van der Waals surface area (Å²) in [7, 11) is 0. The van der Waals surface area contributed by atoms with Gasteiger partial charge in [-0.25, -0.2) is 4.98 Å². The normalized spacial score (nSPS) is 17.8. The Morgan fingerprint density at radius 1 is 1.11 bits per heavy atom. The minimum absolute atomic E-state index is 0.479. The maximum atomic E-state index is 5.87. The molecule has 0 bridgehead atoms. The molecule has 0 aliphatic carbocycles. The lowest BCUT2D eigenvalue weighted by atomic mass is 10.1. The van der Waals surface area contributed by atoms with Crippen LogP contribution in [0.1, 0.15) is 5.56 Å². The number of rotatable bonds is 3. The molecule has 4 nitrogen and oxygen atoms in total. The number of nitrogens with zero attached hydrogens (tertiary/aromatic N) is 2. The molecule has 1 unspecified atom stereocenters. The van der Waals surface area contributed by atoms with Crippen LogP contribution in [0.3, 0.4) is 0 Å². The van der Waals surface area contributed by atoms with Crippen LogP contribution in [0.4, 0.5) is 17.3 Å². The summed E-state index contributed by atoms with van der Waals surface area (Å²) < 4.78 is 0. The number of pyridine rings is 1. The highest BCUT2D eigenvalue weighted by Gasteiger charge is 2.34. The Morgan fingerprint density at radius 3 is 2.61 bits per heavy atom. The van der Waals surface area contributed by atoms with Gasteiger partial charge >= 0.3 is 0 Å². The van der Waals surface area contributed by atoms with Crippen LogP contribution in [0.2, 0.25) is 0 Å². The lowest BCUT2D eigenvalue weighted by Gasteiger charge is -2.07. The SMILES string of the molecule is Nc1ccc(CC2CN2c2ccccc2)c(N)n1. The van der Waals surface area contributed by atoms with Gasteiger partial charge in [0.05, 0.1) is 6.04 Å². The standard InChI is InChI=1S/C14H16N4/c15-13-7-6-10(14(16)17-13)8-12-9-18(12)11-4-2-1-3-5-11/h1-7,12H,8-9H2,(H4,15,16,17). The molecule has 18 heavy (non-hydrogen) atoms. The van der Waals surface area contributed by atoms with Crippen LogP contribution in [0.15, 0.2) is 42.5 Å². The molecule has 1 aromatic carbocycles. The molecule has 1 aromatic heterocycles. The van der Waals surface area contributed by atoms with Crippen molar-refractivity contribution in [2.75, 3.05) is 22.9 Å². The molecular weight excluding hydrogens is 224 g/mol. The fourth-order valence-electron chi connectivity index (χ4n) is 2.24. The van der Waals surface area contributed by atoms with E-state index in [1.54, 1.807) is 6.07 Å². The van der Waals surface area contributed by atoms with Gasteiger partial charge in [0.15, 0.2) is 0 Å². The fourth-order valence-corrected chi connectivity index (χ4v) is 2.24. The summed E-state index contributed by atoms with van der Waals surface area (Å²) in [5.74, 6) is 1.03. The average molecular weight is 240 g/mol. The second-order valence-corrected chi connectivity index (χ2v) is 4.63. The molecule has 2 aromatic rings. The van der Waals surface area contributed by atoms with E-state index in [4.69, 9.17) is 11.5 Å². The van der Waals surface area contributed by atoms with E-state index < -0.39 is 0 Å². The third-order valence-corrected chi connectivity index (χ3v) is 3.29. The molecule has 2 heterocycles. The first-order chi connectivity index (χ1) is 8.74. The lowest BCUT2D eigenvalue weighted by molar-refractivity contribution is 0.953. The largest absolute Gasteiger partial charge is 0.384 e. The third kappa shape index (κ3) is 2.09. The Hall–Kier alpha value is -2.23. The zero-order valence-electron chi connectivity index (χ0n) is 10.1. The topological polar surface area (TPSA) is 67.9 Å². The predicted molar refractivity (Wildman–Crippen MR) is 74.3 cm³/mol. The molecule has 1 atom stereocenters. The first-order valence-electron chi connectivity index (χ1n) is 6.06. The smallest absolute Gasteiger partial charge is 0.129 e. The summed E-state index contributed by atoms with van der Waals surface area (Å²) in [5.41, 5.74) is 13.8. The van der Waals surface area contributed by atoms with Crippen molar-refractivity contribution >= 4 is 17.3 Å². The predicted octanol–water partition coefficient (Wildman–Crippen LogP) is 1.68. The first kappa shape index (κ1) is 10.9. The van der Waals surface area contributed by atoms with Gasteiger partial charge in [-0.2, -0.15) is 0 Å². The number of nitrogens with two attached hydrogens (primary N) is 2. The zero-order valence-corrected chi connectivity index (χ0v) is 10.1. The van der Waals surface area contributed by atoms with E-state index in [1.165, 1.54) is 5.69 Å². The van der Waals surface area contributed by atoms with Crippen LogP contribution in [0, 0.1) is 0 Å². The second kappa shape index (κ2) is 4.22. The van der Waals surface area contributed by atoms with Crippen molar-refractivity contribution in [1.82, 2.24) is 4.98 Å². The van der Waals surface area contributed by atoms with Gasteiger partial charge in [0.2, 0.25) is 0 Å². The van der Waals surface area contributed by atoms with Crippen LogP contribution >= 0.6 is 0 Å². The van der Waals surface area contributed by atoms with E-state index in [0.717, 1.165) is 18.5 Å². The van der Waals surface area contributed by atoms with Gasteiger partial charge in [0, 0.05) is 12.2 Å². The average Bonchev–Trinajstić information content (AvgIpc) is 3.13. The van der Waals surface area contributed by atoms with Crippen LogP contribution in [0.25, 0.3) is 0 Å². The molecule has 0 radical (unpaired) electrons. The van der Waals surface area contributed by atoms with Crippen molar-refractivity contribution in [3.8, 4) is 0 Å². The highest BCUT2D eigenvalue weighted by atomic mass is 15.3. The first-order valence-corrected chi connectivity index (χ1v) is 6.06. The molecule has 4 heteroatoms. The van der Waals surface area contributed by atoms with Gasteiger partial charge < -0.3 is 16.4 Å². The van der Waals surface area contributed by atoms with Crippen molar-refractivity contribution in [2.24, 2.45) is 0 Å². The summed E-state index contributed by atoms with van der Waals surface area (Å²) in [6, 6.07) is 14.7. The molecule has 1 aliphatic rings. The Kier molecular flexibility index (Phi) is 2.55. The van der Waals surface area contributed by atoms with Gasteiger partial charge in [0.25, 0.3) is 0 Å². The number of anilines is 3. The Labute approximate surface area is 106 Å². The summed E-state index contributed by atoms with van der Waals surface area (Å²) in [6.45, 7) is 1.08. The van der Waals surface area contributed by atoms with Gasteiger partial charge in [-0.15, -0.1) is 0 Å². The van der Waals surface area contributed by atoms with Gasteiger partial charge in [-0.1, -0.05) is 24.3 Å². The quantitative estimate of drug-likeness (QED) is 0.801. The highest BCUT2D eigenvalue weighted by molar-refractivity contribution is 5.55. The van der Waals surface area contributed by atoms with Crippen molar-refractivity contribution in [3.05, 3.63) is 48.0 Å². The van der Waals surface area contributed by atoms with E-state index in [9.17, 15) is 0 Å². The lowest BCUT2D eigenvalue weighted by Crippen LogP contribution is -2.07. The molecule has 3 rings (SSSR count). The van der Waals surface area contributed by atoms with Gasteiger partial charge in [-0.05, 0) is 30.2 Å². The maximum Gasteiger partial charge on any atom is 0.129 e. The van der Waals surface area contributed by atoms with Crippen molar-refractivity contribution < 1.29 is 0 Å². The number of para-hydroxylation sites is 1. The molecule has 1 saturated heterocycles. The highest BCUT2D eigenvalue weighted by Crippen LogP contribution is 2.30. The monoisotopic (exact) mass is 240 g/mol. The molecule has 92 valence electrons. The van der Waals surface area contributed by atoms with Crippen molar-refractivity contribution in [3.63, 3.8) is 0 Å². The van der Waals surface area contributed by atoms with E-state index in [-0.39, 0.29) is 0 Å². The van der Waals surface area contributed by atoms with Crippen LogP contribution in [0.5, 0.6) is 0 Å². The number of benzene rings is 1. The number of hydrogen-bond donors (Lipinski definition) is 2. The Morgan fingerprint density at radius 2 is 1.89 bits per heavy atom. The van der Waals surface area contributed by atoms with Crippen LogP contribution < -0.4 is 16.4 Å². The Balaban J connectivity index is 1.69. The maximum absolute atomic E-state index is 5.87. The molecular formula is C14H16N4. The zero-order chi connectivity index (χ0) is 12.5. The van der Waals surface area contributed by atoms with Crippen LogP contribution in [-0.2, 0) is 6.42 Å². The third-order valence-electron chi connectivity index (χ3n) is 3.29. The number of aromatic nitrogens is 1. The van der Waals surface area contributed by atoms with Crippen LogP contribution in [-0.4, -0.2) is 17.6 Å². The summed E-state index contributed by atoms with van der Waals surface area (Å²) in [5, 5.41) is 0. The molecule has 1 aliphatic heterocycles. The van der Waals surface area contributed by atoms with Gasteiger partial charge in [0.1, 0.15) is 11.6 Å². The molecule has 0 spiro atoms. The molecule has 0 saturated carbocycles.